The highest BCUT2D eigenvalue weighted by atomic mass is 35.5. The average Bonchev–Trinajstić information content (AvgIpc) is 2.29. The topological polar surface area (TPSA) is 54.9 Å². The van der Waals surface area contributed by atoms with E-state index in [1.54, 1.807) is 12.1 Å². The Balaban J connectivity index is 2.37. The summed E-state index contributed by atoms with van der Waals surface area (Å²) in [7, 11) is 0. The first-order valence-corrected chi connectivity index (χ1v) is 6.67. The molecule has 0 aliphatic carbocycles. The van der Waals surface area contributed by atoms with Crippen molar-refractivity contribution in [3.05, 3.63) is 23.0 Å². The fourth-order valence-electron chi connectivity index (χ4n) is 1.64. The average molecular weight is 270 g/mol. The van der Waals surface area contributed by atoms with Gasteiger partial charge in [-0.2, -0.15) is 0 Å². The second kappa shape index (κ2) is 7.31. The van der Waals surface area contributed by atoms with E-state index in [-0.39, 0.29) is 17.1 Å². The van der Waals surface area contributed by atoms with Crippen molar-refractivity contribution in [3.63, 3.8) is 0 Å². The second-order valence-corrected chi connectivity index (χ2v) is 5.33. The molecule has 1 unspecified atom stereocenters. The molecule has 0 aliphatic rings. The van der Waals surface area contributed by atoms with Gasteiger partial charge in [0.15, 0.2) is 10.8 Å². The molecule has 0 spiro atoms. The van der Waals surface area contributed by atoms with E-state index in [1.165, 1.54) is 6.42 Å². The first-order valence-electron chi connectivity index (χ1n) is 6.29. The maximum atomic E-state index is 11.8. The third kappa shape index (κ3) is 5.45. The Labute approximate surface area is 113 Å². The van der Waals surface area contributed by atoms with E-state index in [2.05, 4.69) is 29.4 Å². The van der Waals surface area contributed by atoms with E-state index in [0.717, 1.165) is 12.8 Å². The molecule has 1 heterocycles. The molecular formula is C13H20ClN3O. The van der Waals surface area contributed by atoms with Gasteiger partial charge in [-0.3, -0.25) is 4.79 Å². The molecule has 1 atom stereocenters. The molecule has 4 nitrogen and oxygen atoms in total. The third-order valence-electron chi connectivity index (χ3n) is 2.66. The van der Waals surface area contributed by atoms with E-state index in [4.69, 9.17) is 11.6 Å². The van der Waals surface area contributed by atoms with E-state index < -0.39 is 0 Å². The zero-order valence-electron chi connectivity index (χ0n) is 11.1. The summed E-state index contributed by atoms with van der Waals surface area (Å²) in [6, 6.07) is 3.28. The molecule has 0 aliphatic heterocycles. The molecule has 0 radical (unpaired) electrons. The number of carbonyl (C=O) groups is 1. The van der Waals surface area contributed by atoms with Gasteiger partial charge in [0.2, 0.25) is 0 Å². The highest BCUT2D eigenvalue weighted by molar-refractivity contribution is 6.29. The van der Waals surface area contributed by atoms with E-state index >= 15 is 0 Å². The van der Waals surface area contributed by atoms with Gasteiger partial charge in [-0.25, -0.2) is 0 Å². The minimum atomic E-state index is -0.198. The maximum Gasteiger partial charge on any atom is 0.272 e. The lowest BCUT2D eigenvalue weighted by Crippen LogP contribution is -2.33. The van der Waals surface area contributed by atoms with Crippen LogP contribution in [-0.4, -0.2) is 22.1 Å². The molecule has 1 N–H and O–H groups in total. The molecule has 0 fully saturated rings. The van der Waals surface area contributed by atoms with Crippen LogP contribution in [0.5, 0.6) is 0 Å². The molecular weight excluding hydrogens is 250 g/mol. The molecule has 100 valence electrons. The number of hydrogen-bond donors (Lipinski definition) is 1. The lowest BCUT2D eigenvalue weighted by Gasteiger charge is -2.13. The van der Waals surface area contributed by atoms with Crippen LogP contribution in [0.1, 0.15) is 50.5 Å². The SMILES string of the molecule is CC(C)CCCC(C)NC(=O)c1ccc(Cl)nn1. The van der Waals surface area contributed by atoms with Crippen LogP contribution in [0, 0.1) is 5.92 Å². The summed E-state index contributed by atoms with van der Waals surface area (Å²) < 4.78 is 0. The molecule has 1 aromatic rings. The summed E-state index contributed by atoms with van der Waals surface area (Å²) in [6.07, 6.45) is 3.28. The Morgan fingerprint density at radius 2 is 2.00 bits per heavy atom. The van der Waals surface area contributed by atoms with Crippen molar-refractivity contribution in [2.45, 2.75) is 46.1 Å². The zero-order valence-corrected chi connectivity index (χ0v) is 11.9. The second-order valence-electron chi connectivity index (χ2n) is 4.94. The first kappa shape index (κ1) is 14.9. The van der Waals surface area contributed by atoms with Crippen molar-refractivity contribution in [1.82, 2.24) is 15.5 Å². The molecule has 5 heteroatoms. The molecule has 0 saturated carbocycles. The van der Waals surface area contributed by atoms with Gasteiger partial charge in [-0.05, 0) is 31.4 Å². The minimum Gasteiger partial charge on any atom is -0.348 e. The van der Waals surface area contributed by atoms with Crippen LogP contribution in [0.2, 0.25) is 5.15 Å². The summed E-state index contributed by atoms with van der Waals surface area (Å²) in [6.45, 7) is 6.40. The number of amides is 1. The van der Waals surface area contributed by atoms with Crippen LogP contribution in [0.15, 0.2) is 12.1 Å². The van der Waals surface area contributed by atoms with Crippen molar-refractivity contribution in [2.75, 3.05) is 0 Å². The van der Waals surface area contributed by atoms with E-state index in [1.807, 2.05) is 6.92 Å². The smallest absolute Gasteiger partial charge is 0.272 e. The normalized spacial score (nSPS) is 12.5. The lowest BCUT2D eigenvalue weighted by atomic mass is 10.0. The van der Waals surface area contributed by atoms with Crippen molar-refractivity contribution >= 4 is 17.5 Å². The highest BCUT2D eigenvalue weighted by Crippen LogP contribution is 2.09. The van der Waals surface area contributed by atoms with Crippen LogP contribution < -0.4 is 5.32 Å². The van der Waals surface area contributed by atoms with Gasteiger partial charge in [-0.15, -0.1) is 10.2 Å². The van der Waals surface area contributed by atoms with Crippen LogP contribution in [-0.2, 0) is 0 Å². The van der Waals surface area contributed by atoms with Crippen molar-refractivity contribution in [1.29, 1.82) is 0 Å². The largest absolute Gasteiger partial charge is 0.348 e. The Kier molecular flexibility index (Phi) is 6.05. The van der Waals surface area contributed by atoms with Gasteiger partial charge in [-0.1, -0.05) is 38.3 Å². The van der Waals surface area contributed by atoms with Crippen molar-refractivity contribution in [3.8, 4) is 0 Å². The summed E-state index contributed by atoms with van der Waals surface area (Å²) in [5.41, 5.74) is 0.301. The molecule has 0 saturated heterocycles. The van der Waals surface area contributed by atoms with Crippen LogP contribution in [0.25, 0.3) is 0 Å². The molecule has 0 bridgehead atoms. The predicted octanol–water partition coefficient (Wildman–Crippen LogP) is 3.07. The number of nitrogens with one attached hydrogen (secondary N) is 1. The monoisotopic (exact) mass is 269 g/mol. The lowest BCUT2D eigenvalue weighted by molar-refractivity contribution is 0.0931. The first-order chi connectivity index (χ1) is 8.49. The van der Waals surface area contributed by atoms with Crippen molar-refractivity contribution in [2.24, 2.45) is 5.92 Å². The number of aromatic nitrogens is 2. The molecule has 0 aromatic carbocycles. The third-order valence-corrected chi connectivity index (χ3v) is 2.86. The van der Waals surface area contributed by atoms with Gasteiger partial charge in [0, 0.05) is 6.04 Å². The summed E-state index contributed by atoms with van der Waals surface area (Å²) in [5.74, 6) is 0.506. The van der Waals surface area contributed by atoms with E-state index in [9.17, 15) is 4.79 Å². The molecule has 18 heavy (non-hydrogen) atoms. The van der Waals surface area contributed by atoms with Gasteiger partial charge in [0.05, 0.1) is 0 Å². The van der Waals surface area contributed by atoms with Gasteiger partial charge in [0.25, 0.3) is 5.91 Å². The fraction of sp³-hybridized carbons (Fsp3) is 0.615. The molecule has 1 amide bonds. The number of rotatable bonds is 6. The maximum absolute atomic E-state index is 11.8. The van der Waals surface area contributed by atoms with Crippen LogP contribution in [0.3, 0.4) is 0 Å². The zero-order chi connectivity index (χ0) is 13.5. The number of halogens is 1. The van der Waals surface area contributed by atoms with E-state index in [0.29, 0.717) is 11.6 Å². The van der Waals surface area contributed by atoms with Gasteiger partial charge < -0.3 is 5.32 Å². The number of hydrogen-bond acceptors (Lipinski definition) is 3. The highest BCUT2D eigenvalue weighted by Gasteiger charge is 2.11. The van der Waals surface area contributed by atoms with Crippen LogP contribution >= 0.6 is 11.6 Å². The number of nitrogens with zero attached hydrogens (tertiary/aromatic N) is 2. The Hall–Kier alpha value is -1.16. The standard InChI is InChI=1S/C13H20ClN3O/c1-9(2)5-4-6-10(3)15-13(18)11-7-8-12(14)17-16-11/h7-10H,4-6H2,1-3H3,(H,15,18). The molecule has 1 rings (SSSR count). The Bertz CT molecular complexity index is 378. The summed E-state index contributed by atoms with van der Waals surface area (Å²) in [4.78, 5) is 11.8. The summed E-state index contributed by atoms with van der Waals surface area (Å²) in [5, 5.41) is 10.6. The Morgan fingerprint density at radius 1 is 1.28 bits per heavy atom. The minimum absolute atomic E-state index is 0.147. The quantitative estimate of drug-likeness (QED) is 0.863. The predicted molar refractivity (Wildman–Crippen MR) is 72.7 cm³/mol. The van der Waals surface area contributed by atoms with Gasteiger partial charge >= 0.3 is 0 Å². The fourth-order valence-corrected chi connectivity index (χ4v) is 1.74. The van der Waals surface area contributed by atoms with Crippen molar-refractivity contribution < 1.29 is 4.79 Å². The number of carbonyl (C=O) groups excluding carboxylic acids is 1. The Morgan fingerprint density at radius 3 is 2.56 bits per heavy atom. The van der Waals surface area contributed by atoms with Crippen LogP contribution in [0.4, 0.5) is 0 Å². The molecule has 1 aromatic heterocycles. The van der Waals surface area contributed by atoms with Gasteiger partial charge in [0.1, 0.15) is 0 Å². The summed E-state index contributed by atoms with van der Waals surface area (Å²) >= 11 is 5.61.